The summed E-state index contributed by atoms with van der Waals surface area (Å²) in [5.74, 6) is 0.690. The highest BCUT2D eigenvalue weighted by atomic mass is 35.5. The second-order valence-electron chi connectivity index (χ2n) is 3.71. The predicted molar refractivity (Wildman–Crippen MR) is 58.2 cm³/mol. The van der Waals surface area contributed by atoms with Crippen LogP contribution in [0.15, 0.2) is 12.1 Å². The number of hydrogen-bond donors (Lipinski definition) is 1. The van der Waals surface area contributed by atoms with Gasteiger partial charge in [0.2, 0.25) is 0 Å². The van der Waals surface area contributed by atoms with Crippen LogP contribution in [-0.4, -0.2) is 0 Å². The van der Waals surface area contributed by atoms with Gasteiger partial charge in [0.05, 0.1) is 4.34 Å². The van der Waals surface area contributed by atoms with Crippen LogP contribution in [0.2, 0.25) is 4.34 Å². The summed E-state index contributed by atoms with van der Waals surface area (Å²) in [4.78, 5) is 1.25. The predicted octanol–water partition coefficient (Wildman–Crippen LogP) is 3.59. The molecule has 1 fully saturated rings. The fourth-order valence-corrected chi connectivity index (χ4v) is 3.21. The lowest BCUT2D eigenvalue weighted by Gasteiger charge is -2.16. The molecule has 0 aliphatic heterocycles. The van der Waals surface area contributed by atoms with Gasteiger partial charge in [-0.3, -0.25) is 0 Å². The average molecular weight is 216 g/mol. The van der Waals surface area contributed by atoms with E-state index in [1.54, 1.807) is 11.3 Å². The Morgan fingerprint density at radius 1 is 1.38 bits per heavy atom. The largest absolute Gasteiger partial charge is 0.323 e. The lowest BCUT2D eigenvalue weighted by atomic mass is 9.98. The Kier molecular flexibility index (Phi) is 2.92. The van der Waals surface area contributed by atoms with Gasteiger partial charge in [-0.2, -0.15) is 0 Å². The molecule has 0 saturated heterocycles. The fraction of sp³-hybridized carbons (Fsp3) is 0.600. The van der Waals surface area contributed by atoms with E-state index >= 15 is 0 Å². The topological polar surface area (TPSA) is 26.0 Å². The first-order valence-corrected chi connectivity index (χ1v) is 5.97. The molecule has 2 N–H and O–H groups in total. The van der Waals surface area contributed by atoms with Crippen molar-refractivity contribution in [2.24, 2.45) is 11.7 Å². The first-order valence-electron chi connectivity index (χ1n) is 4.78. The molecule has 1 aliphatic carbocycles. The number of halogens is 1. The zero-order valence-corrected chi connectivity index (χ0v) is 9.07. The molecular weight excluding hydrogens is 202 g/mol. The molecule has 0 aromatic carbocycles. The van der Waals surface area contributed by atoms with Gasteiger partial charge in [-0.05, 0) is 30.9 Å². The summed E-state index contributed by atoms with van der Waals surface area (Å²) in [6, 6.07) is 4.23. The number of thiophene rings is 1. The average Bonchev–Trinajstić information content (AvgIpc) is 2.72. The van der Waals surface area contributed by atoms with E-state index in [1.165, 1.54) is 30.6 Å². The molecule has 0 bridgehead atoms. The van der Waals surface area contributed by atoms with Crippen molar-refractivity contribution in [2.75, 3.05) is 0 Å². The quantitative estimate of drug-likeness (QED) is 0.802. The summed E-state index contributed by atoms with van der Waals surface area (Å²) in [5.41, 5.74) is 6.17. The molecule has 72 valence electrons. The molecule has 1 nitrogen and oxygen atoms in total. The Bertz CT molecular complexity index is 278. The maximum Gasteiger partial charge on any atom is 0.0931 e. The van der Waals surface area contributed by atoms with Gasteiger partial charge in [0.25, 0.3) is 0 Å². The molecule has 0 spiro atoms. The van der Waals surface area contributed by atoms with Gasteiger partial charge >= 0.3 is 0 Å². The minimum Gasteiger partial charge on any atom is -0.323 e. The van der Waals surface area contributed by atoms with E-state index in [1.807, 2.05) is 6.07 Å². The van der Waals surface area contributed by atoms with Crippen LogP contribution < -0.4 is 5.73 Å². The van der Waals surface area contributed by atoms with E-state index in [-0.39, 0.29) is 6.04 Å². The van der Waals surface area contributed by atoms with Crippen molar-refractivity contribution in [3.8, 4) is 0 Å². The van der Waals surface area contributed by atoms with Crippen LogP contribution in [0.3, 0.4) is 0 Å². The molecule has 2 rings (SSSR count). The molecule has 0 unspecified atom stereocenters. The molecule has 13 heavy (non-hydrogen) atoms. The maximum atomic E-state index is 6.17. The summed E-state index contributed by atoms with van der Waals surface area (Å²) < 4.78 is 0.850. The van der Waals surface area contributed by atoms with Crippen LogP contribution in [0.4, 0.5) is 0 Å². The Hall–Kier alpha value is -0.0500. The van der Waals surface area contributed by atoms with E-state index in [4.69, 9.17) is 17.3 Å². The van der Waals surface area contributed by atoms with Crippen LogP contribution in [0.25, 0.3) is 0 Å². The van der Waals surface area contributed by atoms with Crippen molar-refractivity contribution in [2.45, 2.75) is 31.7 Å². The first-order chi connectivity index (χ1) is 6.27. The van der Waals surface area contributed by atoms with Crippen molar-refractivity contribution in [1.82, 2.24) is 0 Å². The maximum absolute atomic E-state index is 6.17. The van der Waals surface area contributed by atoms with Crippen molar-refractivity contribution >= 4 is 22.9 Å². The van der Waals surface area contributed by atoms with Crippen molar-refractivity contribution < 1.29 is 0 Å². The number of hydrogen-bond acceptors (Lipinski definition) is 2. The highest BCUT2D eigenvalue weighted by Gasteiger charge is 2.23. The van der Waals surface area contributed by atoms with E-state index in [0.717, 1.165) is 4.34 Å². The minimum atomic E-state index is 0.222. The molecule has 1 aromatic heterocycles. The van der Waals surface area contributed by atoms with Crippen LogP contribution in [0.1, 0.15) is 36.6 Å². The Morgan fingerprint density at radius 3 is 2.62 bits per heavy atom. The lowest BCUT2D eigenvalue weighted by Crippen LogP contribution is -2.17. The van der Waals surface area contributed by atoms with Gasteiger partial charge in [0, 0.05) is 10.9 Å². The first kappa shape index (κ1) is 9.50. The molecule has 1 saturated carbocycles. The van der Waals surface area contributed by atoms with Gasteiger partial charge in [-0.25, -0.2) is 0 Å². The van der Waals surface area contributed by atoms with E-state index in [2.05, 4.69) is 6.07 Å². The van der Waals surface area contributed by atoms with E-state index < -0.39 is 0 Å². The lowest BCUT2D eigenvalue weighted by molar-refractivity contribution is 0.450. The second-order valence-corrected chi connectivity index (χ2v) is 5.46. The Morgan fingerprint density at radius 2 is 2.08 bits per heavy atom. The van der Waals surface area contributed by atoms with Gasteiger partial charge in [0.1, 0.15) is 0 Å². The number of nitrogens with two attached hydrogens (primary N) is 1. The number of rotatable bonds is 2. The summed E-state index contributed by atoms with van der Waals surface area (Å²) in [6.07, 6.45) is 5.27. The van der Waals surface area contributed by atoms with Gasteiger partial charge in [0.15, 0.2) is 0 Å². The third-order valence-electron chi connectivity index (χ3n) is 2.83. The van der Waals surface area contributed by atoms with Gasteiger partial charge in [-0.1, -0.05) is 24.4 Å². The summed E-state index contributed by atoms with van der Waals surface area (Å²) in [6.45, 7) is 0. The molecule has 1 atom stereocenters. The molecule has 1 aromatic rings. The van der Waals surface area contributed by atoms with Crippen molar-refractivity contribution in [1.29, 1.82) is 0 Å². The van der Waals surface area contributed by atoms with Gasteiger partial charge < -0.3 is 5.73 Å². The second kappa shape index (κ2) is 3.99. The zero-order valence-electron chi connectivity index (χ0n) is 7.50. The standard InChI is InChI=1S/C10H14ClNS/c11-9-6-5-8(13-9)10(12)7-3-1-2-4-7/h5-7,10H,1-4,12H2/t10-/m1/s1. The van der Waals surface area contributed by atoms with Crippen LogP contribution in [0.5, 0.6) is 0 Å². The van der Waals surface area contributed by atoms with Crippen LogP contribution >= 0.6 is 22.9 Å². The monoisotopic (exact) mass is 215 g/mol. The molecule has 0 radical (unpaired) electrons. The SMILES string of the molecule is N[C@@H](c1ccc(Cl)s1)C1CCCC1. The third-order valence-corrected chi connectivity index (χ3v) is 4.16. The van der Waals surface area contributed by atoms with Crippen LogP contribution in [0, 0.1) is 5.92 Å². The smallest absolute Gasteiger partial charge is 0.0931 e. The molecule has 1 heterocycles. The zero-order chi connectivity index (χ0) is 9.26. The fourth-order valence-electron chi connectivity index (χ4n) is 2.06. The molecule has 3 heteroatoms. The Balaban J connectivity index is 2.07. The summed E-state index contributed by atoms with van der Waals surface area (Å²) in [5, 5.41) is 0. The van der Waals surface area contributed by atoms with E-state index in [0.29, 0.717) is 5.92 Å². The van der Waals surface area contributed by atoms with Crippen LogP contribution in [-0.2, 0) is 0 Å². The highest BCUT2D eigenvalue weighted by molar-refractivity contribution is 7.16. The third kappa shape index (κ3) is 2.06. The van der Waals surface area contributed by atoms with Crippen molar-refractivity contribution in [3.63, 3.8) is 0 Å². The van der Waals surface area contributed by atoms with Crippen molar-refractivity contribution in [3.05, 3.63) is 21.3 Å². The van der Waals surface area contributed by atoms with Gasteiger partial charge in [-0.15, -0.1) is 11.3 Å². The molecule has 0 amide bonds. The highest BCUT2D eigenvalue weighted by Crippen LogP contribution is 2.37. The Labute approximate surface area is 87.9 Å². The molecule has 1 aliphatic rings. The van der Waals surface area contributed by atoms with E-state index in [9.17, 15) is 0 Å². The summed E-state index contributed by atoms with van der Waals surface area (Å²) in [7, 11) is 0. The normalized spacial score (nSPS) is 20.8. The minimum absolute atomic E-state index is 0.222. The summed E-state index contributed by atoms with van der Waals surface area (Å²) >= 11 is 7.50. The molecular formula is C10H14ClNS.